The molecule has 0 spiro atoms. The minimum Gasteiger partial charge on any atom is -0.490 e. The number of hydrogen-bond donors (Lipinski definition) is 1. The van der Waals surface area contributed by atoms with E-state index in [4.69, 9.17) is 9.84 Å². The lowest BCUT2D eigenvalue weighted by Gasteiger charge is -2.26. The summed E-state index contributed by atoms with van der Waals surface area (Å²) in [6, 6.07) is 1.75. The van der Waals surface area contributed by atoms with E-state index in [9.17, 15) is 14.5 Å². The van der Waals surface area contributed by atoms with Gasteiger partial charge in [0.05, 0.1) is 30.4 Å². The second kappa shape index (κ2) is 5.63. The minimum atomic E-state index is -0.731. The molecule has 100 valence electrons. The number of anilines is 1. The van der Waals surface area contributed by atoms with Crippen LogP contribution in [0.1, 0.15) is 6.92 Å². The van der Waals surface area contributed by atoms with Crippen LogP contribution in [0.2, 0.25) is 0 Å². The van der Waals surface area contributed by atoms with Crippen LogP contribution < -0.4 is 9.64 Å². The summed E-state index contributed by atoms with van der Waals surface area (Å²) < 4.78 is 18.7. The van der Waals surface area contributed by atoms with E-state index in [0.29, 0.717) is 0 Å². The standard InChI is InChI=1S/C11H15FN2O4/c1-7(6-15)13(2)9-5-11(18-3)10(14(16)17)4-8(9)12/h4-5,7,15H,6H2,1-3H3. The molecule has 1 rings (SSSR count). The quantitative estimate of drug-likeness (QED) is 0.640. The Morgan fingerprint density at radius 1 is 1.61 bits per heavy atom. The molecule has 0 heterocycles. The van der Waals surface area contributed by atoms with Gasteiger partial charge < -0.3 is 14.7 Å². The number of methoxy groups -OCH3 is 1. The number of halogens is 1. The predicted molar refractivity (Wildman–Crippen MR) is 64.6 cm³/mol. The molecule has 0 bridgehead atoms. The SMILES string of the molecule is COc1cc(N(C)C(C)CO)c(F)cc1[N+](=O)[O-]. The number of nitro groups is 1. The zero-order valence-electron chi connectivity index (χ0n) is 10.4. The molecule has 0 aromatic heterocycles. The molecule has 0 amide bonds. The van der Waals surface area contributed by atoms with E-state index in [1.807, 2.05) is 0 Å². The molecule has 0 radical (unpaired) electrons. The van der Waals surface area contributed by atoms with E-state index in [0.717, 1.165) is 6.07 Å². The number of ether oxygens (including phenoxy) is 1. The van der Waals surface area contributed by atoms with Crippen molar-refractivity contribution in [2.24, 2.45) is 0 Å². The average Bonchev–Trinajstić information content (AvgIpc) is 2.36. The van der Waals surface area contributed by atoms with Gasteiger partial charge in [0.25, 0.3) is 0 Å². The maximum absolute atomic E-state index is 13.8. The second-order valence-electron chi connectivity index (χ2n) is 3.88. The summed E-state index contributed by atoms with van der Waals surface area (Å²) in [5, 5.41) is 19.7. The number of hydrogen-bond acceptors (Lipinski definition) is 5. The molecule has 0 saturated heterocycles. The Balaban J connectivity index is 3.27. The molecule has 6 nitrogen and oxygen atoms in total. The lowest BCUT2D eigenvalue weighted by atomic mass is 10.2. The van der Waals surface area contributed by atoms with Crippen LogP contribution in [0.15, 0.2) is 12.1 Å². The summed E-state index contributed by atoms with van der Waals surface area (Å²) >= 11 is 0. The Morgan fingerprint density at radius 2 is 2.22 bits per heavy atom. The highest BCUT2D eigenvalue weighted by Gasteiger charge is 2.22. The van der Waals surface area contributed by atoms with E-state index in [1.54, 1.807) is 14.0 Å². The van der Waals surface area contributed by atoms with E-state index in [2.05, 4.69) is 0 Å². The van der Waals surface area contributed by atoms with Crippen LogP contribution in [0.3, 0.4) is 0 Å². The molecule has 18 heavy (non-hydrogen) atoms. The fraction of sp³-hybridized carbons (Fsp3) is 0.455. The van der Waals surface area contributed by atoms with Gasteiger partial charge in [-0.2, -0.15) is 0 Å². The second-order valence-corrected chi connectivity index (χ2v) is 3.88. The Kier molecular flexibility index (Phi) is 4.43. The number of rotatable bonds is 5. The molecule has 7 heteroatoms. The van der Waals surface area contributed by atoms with E-state index in [-0.39, 0.29) is 24.1 Å². The van der Waals surface area contributed by atoms with Gasteiger partial charge in [-0.05, 0) is 6.92 Å². The Hall–Kier alpha value is -1.89. The van der Waals surface area contributed by atoms with Gasteiger partial charge in [0.2, 0.25) is 0 Å². The van der Waals surface area contributed by atoms with Crippen molar-refractivity contribution in [1.29, 1.82) is 0 Å². The van der Waals surface area contributed by atoms with E-state index in [1.165, 1.54) is 18.1 Å². The number of aliphatic hydroxyl groups is 1. The maximum Gasteiger partial charge on any atom is 0.313 e. The lowest BCUT2D eigenvalue weighted by Crippen LogP contribution is -2.32. The van der Waals surface area contributed by atoms with Crippen molar-refractivity contribution in [1.82, 2.24) is 0 Å². The minimum absolute atomic E-state index is 0.0200. The molecule has 1 aromatic rings. The molecule has 1 atom stereocenters. The monoisotopic (exact) mass is 258 g/mol. The molecular formula is C11H15FN2O4. The first kappa shape index (κ1) is 14.2. The third kappa shape index (κ3) is 2.67. The first-order chi connectivity index (χ1) is 8.42. The van der Waals surface area contributed by atoms with Crippen molar-refractivity contribution in [3.05, 3.63) is 28.1 Å². The molecule has 0 aliphatic rings. The fourth-order valence-electron chi connectivity index (χ4n) is 1.47. The van der Waals surface area contributed by atoms with Crippen LogP contribution in [0, 0.1) is 15.9 Å². The van der Waals surface area contributed by atoms with Gasteiger partial charge in [-0.1, -0.05) is 0 Å². The van der Waals surface area contributed by atoms with E-state index < -0.39 is 16.4 Å². The molecule has 1 aromatic carbocycles. The summed E-state index contributed by atoms with van der Waals surface area (Å²) in [7, 11) is 2.87. The summed E-state index contributed by atoms with van der Waals surface area (Å²) in [6.07, 6.45) is 0. The Bertz CT molecular complexity index is 453. The summed E-state index contributed by atoms with van der Waals surface area (Å²) in [5.41, 5.74) is -0.289. The van der Waals surface area contributed by atoms with Gasteiger partial charge in [0.15, 0.2) is 11.6 Å². The molecule has 0 fully saturated rings. The number of aliphatic hydroxyl groups excluding tert-OH is 1. The van der Waals surface area contributed by atoms with Crippen LogP contribution >= 0.6 is 0 Å². The molecule has 0 aliphatic heterocycles. The molecule has 1 N–H and O–H groups in total. The Morgan fingerprint density at radius 3 is 2.67 bits per heavy atom. The molecular weight excluding hydrogens is 243 g/mol. The average molecular weight is 258 g/mol. The zero-order valence-corrected chi connectivity index (χ0v) is 10.4. The van der Waals surface area contributed by atoms with Crippen LogP contribution in [0.25, 0.3) is 0 Å². The van der Waals surface area contributed by atoms with Crippen molar-refractivity contribution in [2.45, 2.75) is 13.0 Å². The van der Waals surface area contributed by atoms with Crippen molar-refractivity contribution in [3.63, 3.8) is 0 Å². The summed E-state index contributed by atoms with van der Waals surface area (Å²) in [4.78, 5) is 11.5. The van der Waals surface area contributed by atoms with Gasteiger partial charge in [-0.25, -0.2) is 4.39 Å². The Labute approximate surface area is 104 Å². The van der Waals surface area contributed by atoms with Crippen molar-refractivity contribution in [2.75, 3.05) is 25.7 Å². The van der Waals surface area contributed by atoms with Gasteiger partial charge in [-0.15, -0.1) is 0 Å². The van der Waals surface area contributed by atoms with E-state index >= 15 is 0 Å². The zero-order chi connectivity index (χ0) is 13.9. The van der Waals surface area contributed by atoms with Gasteiger partial charge in [0, 0.05) is 19.2 Å². The number of nitrogens with zero attached hydrogens (tertiary/aromatic N) is 2. The first-order valence-electron chi connectivity index (χ1n) is 5.28. The van der Waals surface area contributed by atoms with Crippen molar-refractivity contribution in [3.8, 4) is 5.75 Å². The van der Waals surface area contributed by atoms with Crippen LogP contribution in [0.4, 0.5) is 15.8 Å². The van der Waals surface area contributed by atoms with Crippen molar-refractivity contribution >= 4 is 11.4 Å². The van der Waals surface area contributed by atoms with Crippen molar-refractivity contribution < 1.29 is 19.2 Å². The molecule has 0 aliphatic carbocycles. The van der Waals surface area contributed by atoms with Crippen LogP contribution in [-0.4, -0.2) is 36.8 Å². The molecule has 0 saturated carbocycles. The maximum atomic E-state index is 13.8. The third-order valence-electron chi connectivity index (χ3n) is 2.75. The summed E-state index contributed by atoms with van der Waals surface area (Å²) in [5.74, 6) is -0.751. The van der Waals surface area contributed by atoms with Gasteiger partial charge in [0.1, 0.15) is 0 Å². The number of nitro benzene ring substituents is 1. The topological polar surface area (TPSA) is 75.8 Å². The van der Waals surface area contributed by atoms with Crippen LogP contribution in [0.5, 0.6) is 5.75 Å². The van der Waals surface area contributed by atoms with Crippen LogP contribution in [-0.2, 0) is 0 Å². The normalized spacial score (nSPS) is 12.1. The summed E-state index contributed by atoms with van der Waals surface area (Å²) in [6.45, 7) is 1.54. The van der Waals surface area contributed by atoms with Gasteiger partial charge in [-0.3, -0.25) is 10.1 Å². The fourth-order valence-corrected chi connectivity index (χ4v) is 1.47. The smallest absolute Gasteiger partial charge is 0.313 e. The predicted octanol–water partition coefficient (Wildman–Crippen LogP) is 1.56. The highest BCUT2D eigenvalue weighted by Crippen LogP contribution is 2.34. The largest absolute Gasteiger partial charge is 0.490 e. The first-order valence-corrected chi connectivity index (χ1v) is 5.28. The number of benzene rings is 1. The number of likely N-dealkylation sites (N-methyl/N-ethyl adjacent to an activating group) is 1. The van der Waals surface area contributed by atoms with Gasteiger partial charge >= 0.3 is 5.69 Å². The molecule has 1 unspecified atom stereocenters. The highest BCUT2D eigenvalue weighted by molar-refractivity contribution is 5.60. The highest BCUT2D eigenvalue weighted by atomic mass is 19.1. The third-order valence-corrected chi connectivity index (χ3v) is 2.75. The lowest BCUT2D eigenvalue weighted by molar-refractivity contribution is -0.385.